The molecule has 1 aliphatic carbocycles. The van der Waals surface area contributed by atoms with Crippen molar-refractivity contribution >= 4 is 0 Å². The number of hydrogen-bond donors (Lipinski definition) is 0. The summed E-state index contributed by atoms with van der Waals surface area (Å²) >= 11 is 0. The van der Waals surface area contributed by atoms with Gasteiger partial charge < -0.3 is 4.57 Å². The molecule has 1 aromatic heterocycles. The molecule has 0 spiro atoms. The number of aryl methyl sites for hydroxylation is 1. The first kappa shape index (κ1) is 13.0. The zero-order valence-electron chi connectivity index (χ0n) is 12.4. The van der Waals surface area contributed by atoms with Crippen LogP contribution in [0.2, 0.25) is 0 Å². The summed E-state index contributed by atoms with van der Waals surface area (Å²) in [5, 5.41) is 8.81. The average molecular weight is 282 g/mol. The van der Waals surface area contributed by atoms with Gasteiger partial charge in [0.1, 0.15) is 11.6 Å². The molecule has 2 aliphatic rings. The predicted molar refractivity (Wildman–Crippen MR) is 82.0 cm³/mol. The van der Waals surface area contributed by atoms with Crippen LogP contribution in [0.5, 0.6) is 0 Å². The Morgan fingerprint density at radius 2 is 1.90 bits per heavy atom. The van der Waals surface area contributed by atoms with Crippen LogP contribution in [0.3, 0.4) is 0 Å². The minimum atomic E-state index is 0.705. The fourth-order valence-electron chi connectivity index (χ4n) is 3.22. The van der Waals surface area contributed by atoms with Crippen molar-refractivity contribution in [3.05, 3.63) is 47.5 Å². The van der Waals surface area contributed by atoms with E-state index in [9.17, 15) is 0 Å². The molecule has 2 aromatic rings. The van der Waals surface area contributed by atoms with Crippen LogP contribution < -0.4 is 0 Å². The molecule has 0 radical (unpaired) electrons. The van der Waals surface area contributed by atoms with Crippen LogP contribution in [0.25, 0.3) is 0 Å². The molecule has 2 heterocycles. The van der Waals surface area contributed by atoms with Gasteiger partial charge in [-0.2, -0.15) is 0 Å². The number of aromatic nitrogens is 3. The normalized spacial score (nSPS) is 18.7. The van der Waals surface area contributed by atoms with Gasteiger partial charge in [-0.1, -0.05) is 30.3 Å². The molecule has 1 saturated carbocycles. The molecule has 21 heavy (non-hydrogen) atoms. The first-order chi connectivity index (χ1) is 10.4. The second kappa shape index (κ2) is 5.60. The second-order valence-electron chi connectivity index (χ2n) is 6.27. The van der Waals surface area contributed by atoms with Crippen LogP contribution in [0, 0.1) is 0 Å². The second-order valence-corrected chi connectivity index (χ2v) is 6.27. The number of rotatable bonds is 5. The van der Waals surface area contributed by atoms with E-state index in [1.54, 1.807) is 0 Å². The zero-order valence-corrected chi connectivity index (χ0v) is 12.4. The molecular weight excluding hydrogens is 260 g/mol. The number of fused-ring (bicyclic) bond motifs is 1. The van der Waals surface area contributed by atoms with Gasteiger partial charge in [0.05, 0.1) is 6.54 Å². The molecule has 110 valence electrons. The Kier molecular flexibility index (Phi) is 3.47. The molecule has 0 unspecified atom stereocenters. The largest absolute Gasteiger partial charge is 0.312 e. The summed E-state index contributed by atoms with van der Waals surface area (Å²) in [6, 6.07) is 10.8. The van der Waals surface area contributed by atoms with E-state index in [2.05, 4.69) is 50.0 Å². The Labute approximate surface area is 125 Å². The van der Waals surface area contributed by atoms with Gasteiger partial charge >= 0.3 is 0 Å². The van der Waals surface area contributed by atoms with Crippen LogP contribution >= 0.6 is 0 Å². The van der Waals surface area contributed by atoms with E-state index in [4.69, 9.17) is 0 Å². The molecular formula is C17H22N4. The Bertz CT molecular complexity index is 601. The summed E-state index contributed by atoms with van der Waals surface area (Å²) < 4.78 is 2.37. The van der Waals surface area contributed by atoms with E-state index in [1.807, 2.05) is 0 Å². The van der Waals surface area contributed by atoms with Gasteiger partial charge in [0.15, 0.2) is 0 Å². The lowest BCUT2D eigenvalue weighted by molar-refractivity contribution is 0.213. The minimum absolute atomic E-state index is 0.705. The highest BCUT2D eigenvalue weighted by Crippen LogP contribution is 2.39. The van der Waals surface area contributed by atoms with Crippen molar-refractivity contribution in [1.82, 2.24) is 19.7 Å². The molecule has 0 bridgehead atoms. The van der Waals surface area contributed by atoms with Crippen molar-refractivity contribution in [1.29, 1.82) is 0 Å². The van der Waals surface area contributed by atoms with E-state index < -0.39 is 0 Å². The molecule has 1 aromatic carbocycles. The molecule has 0 N–H and O–H groups in total. The molecule has 4 heteroatoms. The summed E-state index contributed by atoms with van der Waals surface area (Å²) in [4.78, 5) is 2.52. The van der Waals surface area contributed by atoms with Crippen molar-refractivity contribution in [2.75, 3.05) is 13.1 Å². The zero-order chi connectivity index (χ0) is 14.1. The molecule has 4 nitrogen and oxygen atoms in total. The number of benzene rings is 1. The maximum absolute atomic E-state index is 4.41. The first-order valence-electron chi connectivity index (χ1n) is 8.08. The summed E-state index contributed by atoms with van der Waals surface area (Å²) in [7, 11) is 0. The third-order valence-electron chi connectivity index (χ3n) is 4.59. The number of hydrogen-bond acceptors (Lipinski definition) is 3. The molecule has 1 fully saturated rings. The maximum atomic E-state index is 4.41. The van der Waals surface area contributed by atoms with E-state index in [1.165, 1.54) is 36.5 Å². The van der Waals surface area contributed by atoms with Crippen molar-refractivity contribution in [2.24, 2.45) is 0 Å². The average Bonchev–Trinajstić information content (AvgIpc) is 3.28. The van der Waals surface area contributed by atoms with Crippen molar-refractivity contribution in [2.45, 2.75) is 44.7 Å². The van der Waals surface area contributed by atoms with Gasteiger partial charge in [-0.15, -0.1) is 10.2 Å². The lowest BCUT2D eigenvalue weighted by atomic mass is 10.1. The predicted octanol–water partition coefficient (Wildman–Crippen LogP) is 2.60. The van der Waals surface area contributed by atoms with Crippen LogP contribution in [0.4, 0.5) is 0 Å². The van der Waals surface area contributed by atoms with Gasteiger partial charge in [0.25, 0.3) is 0 Å². The van der Waals surface area contributed by atoms with Gasteiger partial charge in [-0.25, -0.2) is 0 Å². The summed E-state index contributed by atoms with van der Waals surface area (Å²) in [6.07, 6.45) is 4.99. The van der Waals surface area contributed by atoms with E-state index >= 15 is 0 Å². The molecule has 1 aliphatic heterocycles. The van der Waals surface area contributed by atoms with Crippen LogP contribution in [-0.4, -0.2) is 32.8 Å². The van der Waals surface area contributed by atoms with E-state index in [-0.39, 0.29) is 0 Å². The highest BCUT2D eigenvalue weighted by atomic mass is 15.3. The Morgan fingerprint density at radius 1 is 1.05 bits per heavy atom. The lowest BCUT2D eigenvalue weighted by Crippen LogP contribution is -2.35. The fourth-order valence-corrected chi connectivity index (χ4v) is 3.22. The first-order valence-corrected chi connectivity index (χ1v) is 8.08. The van der Waals surface area contributed by atoms with Gasteiger partial charge in [0.2, 0.25) is 0 Å². The molecule has 0 amide bonds. The summed E-state index contributed by atoms with van der Waals surface area (Å²) in [5.74, 6) is 3.12. The van der Waals surface area contributed by atoms with Crippen LogP contribution in [0.15, 0.2) is 30.3 Å². The minimum Gasteiger partial charge on any atom is -0.312 e. The van der Waals surface area contributed by atoms with Gasteiger partial charge in [0, 0.05) is 19.0 Å². The highest BCUT2D eigenvalue weighted by Gasteiger charge is 2.31. The molecule has 0 saturated heterocycles. The molecule has 4 rings (SSSR count). The maximum Gasteiger partial charge on any atom is 0.147 e. The van der Waals surface area contributed by atoms with Crippen molar-refractivity contribution in [3.8, 4) is 0 Å². The van der Waals surface area contributed by atoms with Crippen LogP contribution in [0.1, 0.15) is 42.4 Å². The fraction of sp³-hybridized carbons (Fsp3) is 0.529. The molecule has 0 atom stereocenters. The van der Waals surface area contributed by atoms with E-state index in [0.717, 1.165) is 32.6 Å². The SMILES string of the molecule is c1ccc(CCCN2CCn3c(nnc3C3CC3)C2)cc1. The van der Waals surface area contributed by atoms with Crippen LogP contribution in [-0.2, 0) is 19.5 Å². The Morgan fingerprint density at radius 3 is 2.71 bits per heavy atom. The third kappa shape index (κ3) is 2.86. The highest BCUT2D eigenvalue weighted by molar-refractivity contribution is 5.14. The third-order valence-corrected chi connectivity index (χ3v) is 4.59. The summed E-state index contributed by atoms with van der Waals surface area (Å²) in [5.41, 5.74) is 1.44. The number of nitrogens with zero attached hydrogens (tertiary/aromatic N) is 4. The van der Waals surface area contributed by atoms with Gasteiger partial charge in [-0.3, -0.25) is 4.90 Å². The van der Waals surface area contributed by atoms with Gasteiger partial charge in [-0.05, 0) is 37.8 Å². The monoisotopic (exact) mass is 282 g/mol. The quantitative estimate of drug-likeness (QED) is 0.845. The topological polar surface area (TPSA) is 34.0 Å². The summed E-state index contributed by atoms with van der Waals surface area (Å²) in [6.45, 7) is 4.33. The smallest absolute Gasteiger partial charge is 0.147 e. The Hall–Kier alpha value is -1.68. The van der Waals surface area contributed by atoms with E-state index in [0.29, 0.717) is 5.92 Å². The van der Waals surface area contributed by atoms with Crippen molar-refractivity contribution < 1.29 is 0 Å². The van der Waals surface area contributed by atoms with Crippen molar-refractivity contribution in [3.63, 3.8) is 0 Å². The Balaban J connectivity index is 1.31. The lowest BCUT2D eigenvalue weighted by Gasteiger charge is -2.27. The standard InChI is InChI=1S/C17H22N4/c1-2-5-14(6-3-1)7-4-10-20-11-12-21-16(13-20)18-19-17(21)15-8-9-15/h1-3,5-6,15H,4,7-13H2.